The zero-order valence-electron chi connectivity index (χ0n) is 9.96. The number of hydrogen-bond donors (Lipinski definition) is 2. The van der Waals surface area contributed by atoms with Crippen molar-refractivity contribution in [2.45, 2.75) is 12.5 Å². The van der Waals surface area contributed by atoms with E-state index in [4.69, 9.17) is 5.84 Å². The van der Waals surface area contributed by atoms with Crippen molar-refractivity contribution in [3.63, 3.8) is 0 Å². The minimum Gasteiger partial charge on any atom is -0.271 e. The molecule has 3 N–H and O–H groups in total. The predicted octanol–water partition coefficient (Wildman–Crippen LogP) is 0.715. The van der Waals surface area contributed by atoms with Gasteiger partial charge in [0.2, 0.25) is 0 Å². The smallest absolute Gasteiger partial charge is 0.149 e. The molecular weight excluding hydrogens is 270 g/mol. The molecule has 5 nitrogen and oxygen atoms in total. The van der Waals surface area contributed by atoms with Gasteiger partial charge >= 0.3 is 0 Å². The molecule has 0 bridgehead atoms. The standard InChI is InChI=1S/C11H15N3O2S2/c1-18(15,16)7-8(14-12)6-11-13-9-4-2-3-5-10(9)17-11/h2-5,8,14H,6-7,12H2,1H3. The van der Waals surface area contributed by atoms with E-state index in [1.165, 1.54) is 6.26 Å². The number of fused-ring (bicyclic) bond motifs is 1. The van der Waals surface area contributed by atoms with Crippen molar-refractivity contribution in [2.24, 2.45) is 5.84 Å². The van der Waals surface area contributed by atoms with Gasteiger partial charge in [-0.05, 0) is 12.1 Å². The number of rotatable bonds is 5. The third-order valence-electron chi connectivity index (χ3n) is 2.50. The molecule has 2 aromatic rings. The van der Waals surface area contributed by atoms with Crippen LogP contribution >= 0.6 is 11.3 Å². The van der Waals surface area contributed by atoms with Crippen LogP contribution in [0.4, 0.5) is 0 Å². The van der Waals surface area contributed by atoms with E-state index in [0.29, 0.717) is 6.42 Å². The Kier molecular flexibility index (Phi) is 3.96. The van der Waals surface area contributed by atoms with Crippen molar-refractivity contribution in [3.8, 4) is 0 Å². The van der Waals surface area contributed by atoms with Gasteiger partial charge in [-0.3, -0.25) is 11.3 Å². The van der Waals surface area contributed by atoms with Gasteiger partial charge in [-0.2, -0.15) is 0 Å². The number of benzene rings is 1. The summed E-state index contributed by atoms with van der Waals surface area (Å²) >= 11 is 1.57. The summed E-state index contributed by atoms with van der Waals surface area (Å²) in [5, 5.41) is 0.891. The maximum Gasteiger partial charge on any atom is 0.149 e. The van der Waals surface area contributed by atoms with Crippen LogP contribution in [0.3, 0.4) is 0 Å². The van der Waals surface area contributed by atoms with Crippen molar-refractivity contribution in [1.82, 2.24) is 10.4 Å². The van der Waals surface area contributed by atoms with Gasteiger partial charge in [0.25, 0.3) is 0 Å². The van der Waals surface area contributed by atoms with Gasteiger partial charge < -0.3 is 0 Å². The topological polar surface area (TPSA) is 85.1 Å². The number of para-hydroxylation sites is 1. The zero-order valence-corrected chi connectivity index (χ0v) is 11.6. The Balaban J connectivity index is 2.16. The number of nitrogens with two attached hydrogens (primary N) is 1. The fourth-order valence-corrected chi connectivity index (χ4v) is 3.74. The molecule has 0 amide bonds. The molecule has 2 rings (SSSR count). The molecule has 1 heterocycles. The summed E-state index contributed by atoms with van der Waals surface area (Å²) in [7, 11) is -3.05. The molecule has 0 aliphatic heterocycles. The van der Waals surface area contributed by atoms with Gasteiger partial charge in [-0.15, -0.1) is 11.3 Å². The number of hydrazine groups is 1. The molecule has 1 aromatic heterocycles. The van der Waals surface area contributed by atoms with Crippen molar-refractivity contribution < 1.29 is 8.42 Å². The fraction of sp³-hybridized carbons (Fsp3) is 0.364. The van der Waals surface area contributed by atoms with Crippen LogP contribution in [0.25, 0.3) is 10.2 Å². The molecule has 0 aliphatic rings. The summed E-state index contributed by atoms with van der Waals surface area (Å²) in [5.41, 5.74) is 3.48. The Labute approximate surface area is 110 Å². The number of aromatic nitrogens is 1. The second-order valence-corrected chi connectivity index (χ2v) is 7.54. The molecule has 1 unspecified atom stereocenters. The number of thiazole rings is 1. The van der Waals surface area contributed by atoms with E-state index in [1.54, 1.807) is 11.3 Å². The maximum absolute atomic E-state index is 11.3. The summed E-state index contributed by atoms with van der Waals surface area (Å²) in [4.78, 5) is 4.46. The quantitative estimate of drug-likeness (QED) is 0.624. The first kappa shape index (κ1) is 13.4. The van der Waals surface area contributed by atoms with E-state index in [2.05, 4.69) is 10.4 Å². The highest BCUT2D eigenvalue weighted by Crippen LogP contribution is 2.22. The van der Waals surface area contributed by atoms with Crippen LogP contribution in [-0.4, -0.2) is 31.5 Å². The first-order valence-corrected chi connectivity index (χ1v) is 8.34. The average Bonchev–Trinajstić information content (AvgIpc) is 2.68. The molecule has 1 atom stereocenters. The average molecular weight is 285 g/mol. The Morgan fingerprint density at radius 1 is 1.44 bits per heavy atom. The van der Waals surface area contributed by atoms with Gasteiger partial charge in [-0.25, -0.2) is 13.4 Å². The zero-order chi connectivity index (χ0) is 13.2. The number of sulfone groups is 1. The largest absolute Gasteiger partial charge is 0.271 e. The van der Waals surface area contributed by atoms with Crippen molar-refractivity contribution >= 4 is 31.4 Å². The molecule has 0 radical (unpaired) electrons. The van der Waals surface area contributed by atoms with Gasteiger partial charge in [0.15, 0.2) is 0 Å². The van der Waals surface area contributed by atoms with Crippen LogP contribution in [-0.2, 0) is 16.3 Å². The number of hydrogen-bond acceptors (Lipinski definition) is 6. The Bertz CT molecular complexity index is 604. The molecule has 7 heteroatoms. The number of nitrogens with zero attached hydrogens (tertiary/aromatic N) is 1. The fourth-order valence-electron chi connectivity index (χ4n) is 1.75. The second kappa shape index (κ2) is 5.31. The van der Waals surface area contributed by atoms with Crippen LogP contribution in [0.1, 0.15) is 5.01 Å². The molecule has 0 aliphatic carbocycles. The maximum atomic E-state index is 11.3. The molecule has 98 valence electrons. The summed E-state index contributed by atoms with van der Waals surface area (Å²) < 4.78 is 23.6. The Morgan fingerprint density at radius 3 is 2.78 bits per heavy atom. The molecule has 0 spiro atoms. The Morgan fingerprint density at radius 2 is 2.17 bits per heavy atom. The molecule has 1 aromatic carbocycles. The highest BCUT2D eigenvalue weighted by atomic mass is 32.2. The summed E-state index contributed by atoms with van der Waals surface area (Å²) in [6, 6.07) is 7.52. The van der Waals surface area contributed by atoms with Gasteiger partial charge in [-0.1, -0.05) is 12.1 Å². The first-order chi connectivity index (χ1) is 8.48. The van der Waals surface area contributed by atoms with Crippen LogP contribution in [0.5, 0.6) is 0 Å². The summed E-state index contributed by atoms with van der Waals surface area (Å²) in [6.07, 6.45) is 1.72. The van der Waals surface area contributed by atoms with E-state index >= 15 is 0 Å². The van der Waals surface area contributed by atoms with Crippen molar-refractivity contribution in [1.29, 1.82) is 0 Å². The van der Waals surface area contributed by atoms with Crippen LogP contribution in [0.15, 0.2) is 24.3 Å². The predicted molar refractivity (Wildman–Crippen MR) is 74.1 cm³/mol. The second-order valence-electron chi connectivity index (χ2n) is 4.24. The normalized spacial score (nSPS) is 13.9. The third kappa shape index (κ3) is 3.49. The lowest BCUT2D eigenvalue weighted by molar-refractivity contribution is 0.545. The van der Waals surface area contributed by atoms with Crippen molar-refractivity contribution in [3.05, 3.63) is 29.3 Å². The van der Waals surface area contributed by atoms with E-state index < -0.39 is 9.84 Å². The minimum absolute atomic E-state index is 0.0133. The van der Waals surface area contributed by atoms with E-state index in [-0.39, 0.29) is 11.8 Å². The molecule has 0 saturated carbocycles. The minimum atomic E-state index is -3.05. The molecule has 0 fully saturated rings. The Hall–Kier alpha value is -1.02. The molecule has 0 saturated heterocycles. The van der Waals surface area contributed by atoms with Gasteiger partial charge in [0.05, 0.1) is 21.0 Å². The monoisotopic (exact) mass is 285 g/mol. The molecular formula is C11H15N3O2S2. The van der Waals surface area contributed by atoms with Crippen LogP contribution in [0.2, 0.25) is 0 Å². The van der Waals surface area contributed by atoms with E-state index in [9.17, 15) is 8.42 Å². The summed E-state index contributed by atoms with van der Waals surface area (Å²) in [6.45, 7) is 0. The highest BCUT2D eigenvalue weighted by Gasteiger charge is 2.16. The van der Waals surface area contributed by atoms with Crippen LogP contribution in [0, 0.1) is 0 Å². The van der Waals surface area contributed by atoms with Crippen LogP contribution < -0.4 is 11.3 Å². The lowest BCUT2D eigenvalue weighted by atomic mass is 10.2. The van der Waals surface area contributed by atoms with E-state index in [0.717, 1.165) is 15.2 Å². The SMILES string of the molecule is CS(=O)(=O)CC(Cc1nc2ccccc2s1)NN. The van der Waals surface area contributed by atoms with Crippen molar-refractivity contribution in [2.75, 3.05) is 12.0 Å². The third-order valence-corrected chi connectivity index (χ3v) is 4.57. The highest BCUT2D eigenvalue weighted by molar-refractivity contribution is 7.90. The van der Waals surface area contributed by atoms with Gasteiger partial charge in [0, 0.05) is 18.7 Å². The first-order valence-electron chi connectivity index (χ1n) is 5.46. The van der Waals surface area contributed by atoms with E-state index in [1.807, 2.05) is 24.3 Å². The summed E-state index contributed by atoms with van der Waals surface area (Å²) in [5.74, 6) is 5.40. The number of nitrogens with one attached hydrogen (secondary N) is 1. The lowest BCUT2D eigenvalue weighted by Gasteiger charge is -2.12. The van der Waals surface area contributed by atoms with Gasteiger partial charge in [0.1, 0.15) is 9.84 Å². The lowest BCUT2D eigenvalue weighted by Crippen LogP contribution is -2.41. The molecule has 18 heavy (non-hydrogen) atoms.